The first-order chi connectivity index (χ1) is 6.17. The summed E-state index contributed by atoms with van der Waals surface area (Å²) in [4.78, 5) is 0. The maximum absolute atomic E-state index is 11.3. The van der Waals surface area contributed by atoms with Gasteiger partial charge in [0.1, 0.15) is 0 Å². The summed E-state index contributed by atoms with van der Waals surface area (Å²) in [5.41, 5.74) is -0.951. The molecule has 1 fully saturated rings. The number of hydrogen-bond acceptors (Lipinski definition) is 5. The van der Waals surface area contributed by atoms with Gasteiger partial charge in [-0.1, -0.05) is 6.92 Å². The third-order valence-electron chi connectivity index (χ3n) is 1.56. The van der Waals surface area contributed by atoms with Crippen molar-refractivity contribution in [3.63, 3.8) is 0 Å². The first-order valence-electron chi connectivity index (χ1n) is 4.24. The second-order valence-corrected chi connectivity index (χ2v) is 4.44. The van der Waals surface area contributed by atoms with Crippen LogP contribution in [-0.2, 0) is 23.8 Å². The van der Waals surface area contributed by atoms with Crippen LogP contribution < -0.4 is 29.6 Å². The molecule has 0 aromatic heterocycles. The molecule has 1 unspecified atom stereocenters. The van der Waals surface area contributed by atoms with E-state index in [4.69, 9.17) is 9.47 Å². The summed E-state index contributed by atoms with van der Waals surface area (Å²) >= 11 is 0. The monoisotopic (exact) mass is 234 g/mol. The molecule has 0 saturated carbocycles. The Labute approximate surface area is 108 Å². The predicted octanol–water partition coefficient (Wildman–Crippen LogP) is -2.77. The summed E-state index contributed by atoms with van der Waals surface area (Å²) in [6, 6.07) is 0. The van der Waals surface area contributed by atoms with Gasteiger partial charge >= 0.3 is 29.6 Å². The smallest absolute Gasteiger partial charge is 1.00 e. The van der Waals surface area contributed by atoms with Gasteiger partial charge in [0.25, 0.3) is 10.1 Å². The van der Waals surface area contributed by atoms with Crippen molar-refractivity contribution < 1.29 is 53.1 Å². The van der Waals surface area contributed by atoms with Gasteiger partial charge in [0, 0.05) is 0 Å². The molecule has 1 aliphatic heterocycles. The fourth-order valence-electron chi connectivity index (χ4n) is 0.908. The first kappa shape index (κ1) is 14.8. The van der Waals surface area contributed by atoms with Gasteiger partial charge in [0.2, 0.25) is 5.44 Å². The van der Waals surface area contributed by atoms with Crippen LogP contribution in [0.5, 0.6) is 0 Å². The first-order valence-corrected chi connectivity index (χ1v) is 5.71. The van der Waals surface area contributed by atoms with Crippen molar-refractivity contribution in [2.75, 3.05) is 26.4 Å². The van der Waals surface area contributed by atoms with Crippen molar-refractivity contribution in [3.8, 4) is 0 Å². The van der Waals surface area contributed by atoms with Gasteiger partial charge in [-0.25, -0.2) is 0 Å². The van der Waals surface area contributed by atoms with E-state index in [-0.39, 0.29) is 44.2 Å². The Hall–Kier alpha value is 0.830. The summed E-state index contributed by atoms with van der Waals surface area (Å²) in [7, 11) is -3.59. The van der Waals surface area contributed by atoms with Crippen molar-refractivity contribution in [2.24, 2.45) is 0 Å². The molecule has 80 valence electrons. The molecule has 1 heterocycles. The van der Waals surface area contributed by atoms with Gasteiger partial charge in [0.05, 0.1) is 26.4 Å². The van der Waals surface area contributed by atoms with Gasteiger partial charge < -0.3 is 10.9 Å². The Bertz CT molecular complexity index is 240. The molecule has 1 saturated heterocycles. The summed E-state index contributed by atoms with van der Waals surface area (Å²) in [5.74, 6) is 0. The number of ether oxygens (including phenoxy) is 2. The fourth-order valence-corrected chi connectivity index (χ4v) is 1.98. The third kappa shape index (κ3) is 4.57. The van der Waals surface area contributed by atoms with E-state index in [1.165, 1.54) is 0 Å². The minimum absolute atomic E-state index is 0. The van der Waals surface area contributed by atoms with Crippen LogP contribution in [0.15, 0.2) is 0 Å². The molecule has 0 aliphatic carbocycles. The Morgan fingerprint density at radius 3 is 2.71 bits per heavy atom. The largest absolute Gasteiger partial charge is 1.00 e. The molecule has 1 aliphatic rings. The molecule has 0 spiro atoms. The van der Waals surface area contributed by atoms with E-state index in [2.05, 4.69) is 4.18 Å². The Balaban J connectivity index is 0. The quantitative estimate of drug-likeness (QED) is 0.389. The standard InChI is InChI=1S/C7H14O5S.Na.H/c1-2-3-12-13(8,9)7-6-10-4-5-11-7;;/h7H,2-6H2,1H3;;/q;+1;-1. The Morgan fingerprint density at radius 1 is 1.50 bits per heavy atom. The van der Waals surface area contributed by atoms with Gasteiger partial charge in [-0.2, -0.15) is 8.42 Å². The van der Waals surface area contributed by atoms with Crippen LogP contribution >= 0.6 is 0 Å². The maximum Gasteiger partial charge on any atom is 1.00 e. The third-order valence-corrected chi connectivity index (χ3v) is 2.97. The van der Waals surface area contributed by atoms with Crippen molar-refractivity contribution >= 4 is 10.1 Å². The number of hydrogen-bond donors (Lipinski definition) is 0. The molecule has 0 N–H and O–H groups in total. The van der Waals surface area contributed by atoms with Gasteiger partial charge in [-0.3, -0.25) is 4.18 Å². The normalized spacial score (nSPS) is 22.8. The van der Waals surface area contributed by atoms with Gasteiger partial charge in [-0.05, 0) is 6.42 Å². The molecule has 0 aromatic carbocycles. The van der Waals surface area contributed by atoms with E-state index >= 15 is 0 Å². The van der Waals surface area contributed by atoms with Crippen molar-refractivity contribution in [3.05, 3.63) is 0 Å². The van der Waals surface area contributed by atoms with Crippen LogP contribution in [0, 0.1) is 0 Å². The van der Waals surface area contributed by atoms with E-state index < -0.39 is 15.6 Å². The van der Waals surface area contributed by atoms with E-state index in [1.807, 2.05) is 6.92 Å². The van der Waals surface area contributed by atoms with Crippen LogP contribution in [0.2, 0.25) is 0 Å². The zero-order valence-electron chi connectivity index (χ0n) is 9.56. The van der Waals surface area contributed by atoms with E-state index in [0.29, 0.717) is 19.6 Å². The molecular formula is C7H15NaO5S. The second kappa shape index (κ2) is 7.16. The minimum atomic E-state index is -3.59. The fraction of sp³-hybridized carbons (Fsp3) is 1.00. The maximum atomic E-state index is 11.3. The van der Waals surface area contributed by atoms with Crippen LogP contribution in [0.1, 0.15) is 14.8 Å². The van der Waals surface area contributed by atoms with Crippen molar-refractivity contribution in [1.82, 2.24) is 0 Å². The van der Waals surface area contributed by atoms with Crippen LogP contribution in [0.25, 0.3) is 0 Å². The predicted molar refractivity (Wildman–Crippen MR) is 46.8 cm³/mol. The summed E-state index contributed by atoms with van der Waals surface area (Å²) in [5, 5.41) is 0. The summed E-state index contributed by atoms with van der Waals surface area (Å²) < 4.78 is 37.3. The zero-order valence-corrected chi connectivity index (χ0v) is 11.4. The molecule has 1 rings (SSSR count). The summed E-state index contributed by atoms with van der Waals surface area (Å²) in [6.45, 7) is 2.85. The Kier molecular flexibility index (Phi) is 7.59. The average Bonchev–Trinajstić information content (AvgIpc) is 2.16. The van der Waals surface area contributed by atoms with Gasteiger partial charge in [0.15, 0.2) is 0 Å². The molecule has 14 heavy (non-hydrogen) atoms. The Morgan fingerprint density at radius 2 is 2.21 bits per heavy atom. The minimum Gasteiger partial charge on any atom is -1.00 e. The van der Waals surface area contributed by atoms with E-state index in [1.54, 1.807) is 0 Å². The number of rotatable bonds is 4. The molecule has 0 aromatic rings. The molecular weight excluding hydrogens is 219 g/mol. The van der Waals surface area contributed by atoms with E-state index in [9.17, 15) is 8.42 Å². The topological polar surface area (TPSA) is 61.8 Å². The van der Waals surface area contributed by atoms with Gasteiger partial charge in [-0.15, -0.1) is 0 Å². The molecule has 5 nitrogen and oxygen atoms in total. The average molecular weight is 234 g/mol. The van der Waals surface area contributed by atoms with Crippen LogP contribution in [-0.4, -0.2) is 40.3 Å². The SMILES string of the molecule is CCCOS(=O)(=O)C1COCCO1.[H-].[Na+]. The molecule has 1 atom stereocenters. The molecule has 7 heteroatoms. The van der Waals surface area contributed by atoms with Crippen LogP contribution in [0.3, 0.4) is 0 Å². The molecule has 0 bridgehead atoms. The van der Waals surface area contributed by atoms with Crippen molar-refractivity contribution in [2.45, 2.75) is 18.8 Å². The van der Waals surface area contributed by atoms with Crippen molar-refractivity contribution in [1.29, 1.82) is 0 Å². The molecule has 0 radical (unpaired) electrons. The molecule has 0 amide bonds. The summed E-state index contributed by atoms with van der Waals surface area (Å²) in [6.07, 6.45) is 0.660. The van der Waals surface area contributed by atoms with Crippen LogP contribution in [0.4, 0.5) is 0 Å². The zero-order chi connectivity index (χ0) is 9.73. The second-order valence-electron chi connectivity index (χ2n) is 2.69. The van der Waals surface area contributed by atoms with E-state index in [0.717, 1.165) is 0 Å².